The Balaban J connectivity index is 1.47. The molecule has 0 unspecified atom stereocenters. The van der Waals surface area contributed by atoms with Crippen molar-refractivity contribution >= 4 is 22.6 Å². The molecule has 29 heavy (non-hydrogen) atoms. The molecule has 0 radical (unpaired) electrons. The fraction of sp³-hybridized carbons (Fsp3) is 0.364. The molecule has 1 aliphatic heterocycles. The van der Waals surface area contributed by atoms with E-state index < -0.39 is 0 Å². The highest BCUT2D eigenvalue weighted by Gasteiger charge is 2.23. The number of fused-ring (bicyclic) bond motifs is 2. The third-order valence-corrected chi connectivity index (χ3v) is 4.77. The number of carbonyl (C=O) groups excluding carboxylic acids is 1. The molecule has 0 fully saturated rings. The van der Waals surface area contributed by atoms with Crippen LogP contribution in [0.2, 0.25) is 0 Å². The first kappa shape index (κ1) is 19.1. The van der Waals surface area contributed by atoms with Crippen LogP contribution in [-0.4, -0.2) is 40.6 Å². The van der Waals surface area contributed by atoms with E-state index in [0.29, 0.717) is 37.1 Å². The van der Waals surface area contributed by atoms with Gasteiger partial charge in [0.25, 0.3) is 5.91 Å². The van der Waals surface area contributed by atoms with Crippen LogP contribution in [0.5, 0.6) is 5.75 Å². The van der Waals surface area contributed by atoms with Crippen molar-refractivity contribution in [3.8, 4) is 5.75 Å². The Morgan fingerprint density at radius 3 is 2.93 bits per heavy atom. The maximum atomic E-state index is 12.3. The van der Waals surface area contributed by atoms with Gasteiger partial charge in [0.05, 0.1) is 6.54 Å². The lowest BCUT2D eigenvalue weighted by Gasteiger charge is -2.20. The van der Waals surface area contributed by atoms with Gasteiger partial charge in [-0.05, 0) is 24.5 Å². The molecule has 0 saturated carbocycles. The van der Waals surface area contributed by atoms with Gasteiger partial charge in [0.1, 0.15) is 35.2 Å². The van der Waals surface area contributed by atoms with Crippen molar-refractivity contribution in [3.05, 3.63) is 53.6 Å². The van der Waals surface area contributed by atoms with Gasteiger partial charge >= 0.3 is 0 Å². The topological polar surface area (TPSA) is 89.0 Å². The van der Waals surface area contributed by atoms with Gasteiger partial charge in [0.15, 0.2) is 0 Å². The summed E-state index contributed by atoms with van der Waals surface area (Å²) >= 11 is 0. The number of ether oxygens (including phenoxy) is 1. The van der Waals surface area contributed by atoms with Crippen molar-refractivity contribution in [2.24, 2.45) is 5.92 Å². The SMILES string of the molecule is CC(C)Cc1nc(NCCOc2cccc3cccnc23)c2c(n1)C(=O)NCC2. The van der Waals surface area contributed by atoms with Gasteiger partial charge in [-0.15, -0.1) is 0 Å². The Kier molecular flexibility index (Phi) is 5.55. The molecule has 7 nitrogen and oxygen atoms in total. The van der Waals surface area contributed by atoms with Crippen LogP contribution in [-0.2, 0) is 12.8 Å². The first-order valence-corrected chi connectivity index (χ1v) is 10.00. The summed E-state index contributed by atoms with van der Waals surface area (Å²) in [5, 5.41) is 7.26. The number of amides is 1. The van der Waals surface area contributed by atoms with Crippen molar-refractivity contribution < 1.29 is 9.53 Å². The minimum absolute atomic E-state index is 0.125. The van der Waals surface area contributed by atoms with E-state index in [2.05, 4.69) is 39.4 Å². The number of aromatic nitrogens is 3. The van der Waals surface area contributed by atoms with Crippen molar-refractivity contribution in [2.45, 2.75) is 26.7 Å². The van der Waals surface area contributed by atoms with E-state index in [9.17, 15) is 4.79 Å². The number of benzene rings is 1. The lowest BCUT2D eigenvalue weighted by atomic mass is 10.1. The molecule has 1 aromatic carbocycles. The quantitative estimate of drug-likeness (QED) is 0.602. The molecule has 0 saturated heterocycles. The van der Waals surface area contributed by atoms with Gasteiger partial charge in [-0.25, -0.2) is 9.97 Å². The van der Waals surface area contributed by atoms with Crippen LogP contribution in [0.4, 0.5) is 5.82 Å². The van der Waals surface area contributed by atoms with E-state index >= 15 is 0 Å². The largest absolute Gasteiger partial charge is 0.489 e. The third-order valence-electron chi connectivity index (χ3n) is 4.77. The molecule has 0 bridgehead atoms. The Labute approximate surface area is 169 Å². The average molecular weight is 391 g/mol. The summed E-state index contributed by atoms with van der Waals surface area (Å²) in [6.07, 6.45) is 3.22. The molecule has 3 aromatic rings. The minimum atomic E-state index is -0.125. The van der Waals surface area contributed by atoms with Gasteiger partial charge in [0, 0.05) is 30.1 Å². The average Bonchev–Trinajstić information content (AvgIpc) is 2.71. The molecule has 0 spiro atoms. The van der Waals surface area contributed by atoms with Crippen LogP contribution in [0.15, 0.2) is 36.5 Å². The zero-order chi connectivity index (χ0) is 20.2. The van der Waals surface area contributed by atoms with Crippen LogP contribution >= 0.6 is 0 Å². The molecule has 7 heteroatoms. The summed E-state index contributed by atoms with van der Waals surface area (Å²) in [5.41, 5.74) is 2.22. The number of nitrogens with zero attached hydrogens (tertiary/aromatic N) is 3. The van der Waals surface area contributed by atoms with Gasteiger partial charge in [-0.3, -0.25) is 9.78 Å². The van der Waals surface area contributed by atoms with Gasteiger partial charge in [-0.1, -0.05) is 32.0 Å². The number of para-hydroxylation sites is 1. The normalized spacial score (nSPS) is 13.3. The molecule has 3 heterocycles. The fourth-order valence-electron chi connectivity index (χ4n) is 3.47. The number of pyridine rings is 1. The number of carbonyl (C=O) groups is 1. The molecule has 0 aliphatic carbocycles. The lowest BCUT2D eigenvalue weighted by molar-refractivity contribution is 0.0940. The number of rotatable bonds is 7. The number of hydrogen-bond donors (Lipinski definition) is 2. The molecule has 150 valence electrons. The van der Waals surface area contributed by atoms with Crippen molar-refractivity contribution in [1.82, 2.24) is 20.3 Å². The molecule has 2 aromatic heterocycles. The third kappa shape index (κ3) is 4.29. The highest BCUT2D eigenvalue weighted by molar-refractivity contribution is 5.96. The summed E-state index contributed by atoms with van der Waals surface area (Å²) in [6.45, 7) is 5.85. The maximum Gasteiger partial charge on any atom is 0.270 e. The predicted octanol–water partition coefficient (Wildman–Crippen LogP) is 3.00. The van der Waals surface area contributed by atoms with E-state index in [4.69, 9.17) is 4.74 Å². The molecule has 4 rings (SSSR count). The smallest absolute Gasteiger partial charge is 0.270 e. The van der Waals surface area contributed by atoms with Gasteiger partial charge in [-0.2, -0.15) is 0 Å². The first-order chi connectivity index (χ1) is 14.1. The molecule has 2 N–H and O–H groups in total. The fourth-order valence-corrected chi connectivity index (χ4v) is 3.47. The summed E-state index contributed by atoms with van der Waals surface area (Å²) in [5.74, 6) is 2.47. The van der Waals surface area contributed by atoms with E-state index in [1.807, 2.05) is 30.3 Å². The van der Waals surface area contributed by atoms with Gasteiger partial charge in [0.2, 0.25) is 0 Å². The standard InChI is InChI=1S/C22H25N5O2/c1-14(2)13-18-26-20-16(8-10-25-22(20)28)21(27-18)24-11-12-29-17-7-3-5-15-6-4-9-23-19(15)17/h3-7,9,14H,8,10-13H2,1-2H3,(H,25,28)(H,24,26,27). The predicted molar refractivity (Wildman–Crippen MR) is 112 cm³/mol. The van der Waals surface area contributed by atoms with Crippen LogP contribution in [0, 0.1) is 5.92 Å². The minimum Gasteiger partial charge on any atom is -0.489 e. The highest BCUT2D eigenvalue weighted by atomic mass is 16.5. The summed E-state index contributed by atoms with van der Waals surface area (Å²) in [4.78, 5) is 25.9. The van der Waals surface area contributed by atoms with Crippen LogP contribution in [0.3, 0.4) is 0 Å². The number of hydrogen-bond acceptors (Lipinski definition) is 6. The number of anilines is 1. The van der Waals surface area contributed by atoms with Crippen molar-refractivity contribution in [2.75, 3.05) is 25.0 Å². The monoisotopic (exact) mass is 391 g/mol. The van der Waals surface area contributed by atoms with E-state index in [0.717, 1.165) is 40.9 Å². The second kappa shape index (κ2) is 8.43. The molecule has 0 atom stereocenters. The molecular weight excluding hydrogens is 366 g/mol. The molecule has 1 amide bonds. The second-order valence-corrected chi connectivity index (χ2v) is 7.53. The maximum absolute atomic E-state index is 12.3. The lowest BCUT2D eigenvalue weighted by Crippen LogP contribution is -2.34. The summed E-state index contributed by atoms with van der Waals surface area (Å²) < 4.78 is 5.95. The molecule has 1 aliphatic rings. The molecular formula is C22H25N5O2. The van der Waals surface area contributed by atoms with Gasteiger partial charge < -0.3 is 15.4 Å². The Bertz CT molecular complexity index is 1030. The van der Waals surface area contributed by atoms with E-state index in [1.165, 1.54) is 0 Å². The van der Waals surface area contributed by atoms with Crippen LogP contribution in [0.1, 0.15) is 35.7 Å². The summed E-state index contributed by atoms with van der Waals surface area (Å²) in [6, 6.07) is 9.83. The van der Waals surface area contributed by atoms with Crippen molar-refractivity contribution in [1.29, 1.82) is 0 Å². The first-order valence-electron chi connectivity index (χ1n) is 10.00. The summed E-state index contributed by atoms with van der Waals surface area (Å²) in [7, 11) is 0. The Morgan fingerprint density at radius 1 is 1.21 bits per heavy atom. The highest BCUT2D eigenvalue weighted by Crippen LogP contribution is 2.24. The Morgan fingerprint density at radius 2 is 2.07 bits per heavy atom. The van der Waals surface area contributed by atoms with E-state index in [-0.39, 0.29) is 5.91 Å². The van der Waals surface area contributed by atoms with Crippen LogP contribution < -0.4 is 15.4 Å². The zero-order valence-corrected chi connectivity index (χ0v) is 16.7. The second-order valence-electron chi connectivity index (χ2n) is 7.53. The van der Waals surface area contributed by atoms with E-state index in [1.54, 1.807) is 6.20 Å². The number of nitrogens with one attached hydrogen (secondary N) is 2. The van der Waals surface area contributed by atoms with Crippen molar-refractivity contribution in [3.63, 3.8) is 0 Å². The Hall–Kier alpha value is -3.22. The van der Waals surface area contributed by atoms with Crippen LogP contribution in [0.25, 0.3) is 10.9 Å². The zero-order valence-electron chi connectivity index (χ0n) is 16.7.